The normalized spacial score (nSPS) is 16.5. The fourth-order valence-corrected chi connectivity index (χ4v) is 0.933. The van der Waals surface area contributed by atoms with E-state index in [1.165, 1.54) is 5.70 Å². The molecule has 1 aliphatic carbocycles. The molecule has 1 heteroatoms. The van der Waals surface area contributed by atoms with E-state index < -0.39 is 0 Å². The van der Waals surface area contributed by atoms with Crippen LogP contribution in [0.2, 0.25) is 0 Å². The molecule has 1 aliphatic rings. The van der Waals surface area contributed by atoms with Crippen LogP contribution in [0.15, 0.2) is 48.9 Å². The predicted octanol–water partition coefficient (Wildman–Crippen LogP) is 2.51. The molecule has 0 unspecified atom stereocenters. The van der Waals surface area contributed by atoms with Gasteiger partial charge >= 0.3 is 0 Å². The molecule has 0 aromatic carbocycles. The van der Waals surface area contributed by atoms with E-state index in [9.17, 15) is 0 Å². The van der Waals surface area contributed by atoms with Crippen LogP contribution in [0.4, 0.5) is 0 Å². The Hall–Kier alpha value is -1.24. The minimum absolute atomic E-state index is 1.14. The molecule has 0 amide bonds. The highest BCUT2D eigenvalue weighted by molar-refractivity contribution is 5.22. The van der Waals surface area contributed by atoms with Crippen LogP contribution >= 0.6 is 0 Å². The van der Waals surface area contributed by atoms with E-state index in [2.05, 4.69) is 30.1 Å². The average molecular weight is 147 g/mol. The molecule has 0 atom stereocenters. The van der Waals surface area contributed by atoms with E-state index in [1.807, 2.05) is 12.3 Å². The Labute approximate surface area is 67.8 Å². The van der Waals surface area contributed by atoms with Gasteiger partial charge in [0.25, 0.3) is 0 Å². The molecular formula is C10H13N. The molecule has 0 aliphatic heterocycles. The second kappa shape index (κ2) is 4.56. The molecule has 0 spiro atoms. The Balaban J connectivity index is 2.36. The van der Waals surface area contributed by atoms with E-state index in [0.29, 0.717) is 0 Å². The van der Waals surface area contributed by atoms with Crippen LogP contribution < -0.4 is 5.32 Å². The average Bonchev–Trinajstić information content (AvgIpc) is 2.07. The summed E-state index contributed by atoms with van der Waals surface area (Å²) in [5, 5.41) is 3.14. The smallest absolute Gasteiger partial charge is 0.0336 e. The Kier molecular flexibility index (Phi) is 3.26. The van der Waals surface area contributed by atoms with Gasteiger partial charge in [0.1, 0.15) is 0 Å². The van der Waals surface area contributed by atoms with Crippen molar-refractivity contribution in [2.75, 3.05) is 0 Å². The number of rotatable bonds is 3. The van der Waals surface area contributed by atoms with Crippen molar-refractivity contribution in [3.05, 3.63) is 48.9 Å². The third-order valence-corrected chi connectivity index (χ3v) is 1.48. The molecule has 0 radical (unpaired) electrons. The molecule has 0 saturated heterocycles. The van der Waals surface area contributed by atoms with Crippen LogP contribution in [0.3, 0.4) is 0 Å². The van der Waals surface area contributed by atoms with Crippen molar-refractivity contribution < 1.29 is 0 Å². The SMILES string of the molecule is C=C/C=C/NC1=CCCC=C1. The van der Waals surface area contributed by atoms with Gasteiger partial charge < -0.3 is 5.32 Å². The van der Waals surface area contributed by atoms with Crippen LogP contribution in [0.5, 0.6) is 0 Å². The highest BCUT2D eigenvalue weighted by atomic mass is 14.8. The first-order valence-corrected chi connectivity index (χ1v) is 3.84. The minimum atomic E-state index is 1.14. The van der Waals surface area contributed by atoms with Crippen molar-refractivity contribution in [1.82, 2.24) is 5.32 Å². The third kappa shape index (κ3) is 2.89. The van der Waals surface area contributed by atoms with Crippen LogP contribution in [0.25, 0.3) is 0 Å². The van der Waals surface area contributed by atoms with Crippen molar-refractivity contribution >= 4 is 0 Å². The van der Waals surface area contributed by atoms with E-state index >= 15 is 0 Å². The zero-order valence-electron chi connectivity index (χ0n) is 6.59. The molecule has 0 aromatic heterocycles. The van der Waals surface area contributed by atoms with Crippen LogP contribution in [-0.2, 0) is 0 Å². The Bertz CT molecular complexity index is 209. The lowest BCUT2D eigenvalue weighted by Crippen LogP contribution is -2.03. The molecule has 0 aromatic rings. The molecule has 0 bridgehead atoms. The second-order valence-corrected chi connectivity index (χ2v) is 2.38. The van der Waals surface area contributed by atoms with Gasteiger partial charge in [0.05, 0.1) is 0 Å². The summed E-state index contributed by atoms with van der Waals surface area (Å²) < 4.78 is 0. The van der Waals surface area contributed by atoms with Gasteiger partial charge in [-0.2, -0.15) is 0 Å². The van der Waals surface area contributed by atoms with Crippen molar-refractivity contribution in [3.63, 3.8) is 0 Å². The summed E-state index contributed by atoms with van der Waals surface area (Å²) in [5.74, 6) is 0. The lowest BCUT2D eigenvalue weighted by atomic mass is 10.1. The first kappa shape index (κ1) is 7.86. The first-order valence-electron chi connectivity index (χ1n) is 3.84. The summed E-state index contributed by atoms with van der Waals surface area (Å²) >= 11 is 0. The topological polar surface area (TPSA) is 12.0 Å². The van der Waals surface area contributed by atoms with Gasteiger partial charge in [0.2, 0.25) is 0 Å². The van der Waals surface area contributed by atoms with Crippen molar-refractivity contribution in [3.8, 4) is 0 Å². The van der Waals surface area contributed by atoms with Gasteiger partial charge in [-0.15, -0.1) is 0 Å². The summed E-state index contributed by atoms with van der Waals surface area (Å²) in [5.41, 5.74) is 1.18. The van der Waals surface area contributed by atoms with Crippen molar-refractivity contribution in [2.24, 2.45) is 0 Å². The molecule has 0 heterocycles. The molecule has 1 rings (SSSR count). The van der Waals surface area contributed by atoms with Gasteiger partial charge in [-0.3, -0.25) is 0 Å². The molecule has 11 heavy (non-hydrogen) atoms. The summed E-state index contributed by atoms with van der Waals surface area (Å²) in [6.45, 7) is 3.58. The third-order valence-electron chi connectivity index (χ3n) is 1.48. The van der Waals surface area contributed by atoms with Crippen LogP contribution in [0, 0.1) is 0 Å². The molecule has 0 saturated carbocycles. The second-order valence-electron chi connectivity index (χ2n) is 2.38. The highest BCUT2D eigenvalue weighted by Gasteiger charge is 1.91. The number of nitrogens with one attached hydrogen (secondary N) is 1. The van der Waals surface area contributed by atoms with E-state index in [0.717, 1.165) is 12.8 Å². The maximum absolute atomic E-state index is 3.58. The minimum Gasteiger partial charge on any atom is -0.362 e. The lowest BCUT2D eigenvalue weighted by Gasteiger charge is -2.04. The maximum atomic E-state index is 3.58. The van der Waals surface area contributed by atoms with Gasteiger partial charge in [-0.1, -0.05) is 24.8 Å². The molecule has 1 nitrogen and oxygen atoms in total. The van der Waals surface area contributed by atoms with E-state index in [-0.39, 0.29) is 0 Å². The molecule has 0 fully saturated rings. The molecule has 58 valence electrons. The van der Waals surface area contributed by atoms with Gasteiger partial charge in [-0.25, -0.2) is 0 Å². The standard InChI is InChI=1S/C10H13N/c1-2-3-9-11-10-7-5-4-6-8-10/h2-3,5,7-9,11H,1,4,6H2/b9-3+. The molecular weight excluding hydrogens is 134 g/mol. The van der Waals surface area contributed by atoms with Crippen LogP contribution in [-0.4, -0.2) is 0 Å². The number of hydrogen-bond acceptors (Lipinski definition) is 1. The summed E-state index contributed by atoms with van der Waals surface area (Å²) in [6.07, 6.45) is 14.3. The van der Waals surface area contributed by atoms with E-state index in [1.54, 1.807) is 6.08 Å². The zero-order valence-corrected chi connectivity index (χ0v) is 6.59. The van der Waals surface area contributed by atoms with Gasteiger partial charge in [-0.05, 0) is 25.0 Å². The Morgan fingerprint density at radius 2 is 2.36 bits per heavy atom. The van der Waals surface area contributed by atoms with Crippen molar-refractivity contribution in [2.45, 2.75) is 12.8 Å². The summed E-state index contributed by atoms with van der Waals surface area (Å²) in [6, 6.07) is 0. The van der Waals surface area contributed by atoms with Crippen molar-refractivity contribution in [1.29, 1.82) is 0 Å². The fourth-order valence-electron chi connectivity index (χ4n) is 0.933. The lowest BCUT2D eigenvalue weighted by molar-refractivity contribution is 0.969. The maximum Gasteiger partial charge on any atom is 0.0336 e. The van der Waals surface area contributed by atoms with Gasteiger partial charge in [0, 0.05) is 11.9 Å². The Morgan fingerprint density at radius 1 is 1.45 bits per heavy atom. The Morgan fingerprint density at radius 3 is 3.00 bits per heavy atom. The zero-order chi connectivity index (χ0) is 7.94. The van der Waals surface area contributed by atoms with E-state index in [4.69, 9.17) is 0 Å². The largest absolute Gasteiger partial charge is 0.362 e. The monoisotopic (exact) mass is 147 g/mol. The van der Waals surface area contributed by atoms with Crippen LogP contribution in [0.1, 0.15) is 12.8 Å². The molecule has 1 N–H and O–H groups in total. The fraction of sp³-hybridized carbons (Fsp3) is 0.200. The predicted molar refractivity (Wildman–Crippen MR) is 48.9 cm³/mol. The number of allylic oxidation sites excluding steroid dienone is 5. The van der Waals surface area contributed by atoms with Gasteiger partial charge in [0.15, 0.2) is 0 Å². The highest BCUT2D eigenvalue weighted by Crippen LogP contribution is 2.06. The first-order chi connectivity index (χ1) is 5.43. The number of hydrogen-bond donors (Lipinski definition) is 1. The quantitative estimate of drug-likeness (QED) is 0.605. The summed E-state index contributed by atoms with van der Waals surface area (Å²) in [7, 11) is 0. The summed E-state index contributed by atoms with van der Waals surface area (Å²) in [4.78, 5) is 0.